The molecule has 0 spiro atoms. The second-order valence-electron chi connectivity index (χ2n) is 2.83. The van der Waals surface area contributed by atoms with Gasteiger partial charge in [-0.25, -0.2) is 0 Å². The molecule has 0 aliphatic heterocycles. The number of nitrogens with zero attached hydrogens (tertiary/aromatic N) is 1. The van der Waals surface area contributed by atoms with Gasteiger partial charge in [0.2, 0.25) is 0 Å². The van der Waals surface area contributed by atoms with Gasteiger partial charge in [-0.15, -0.1) is 0 Å². The fourth-order valence-electron chi connectivity index (χ4n) is 1.03. The van der Waals surface area contributed by atoms with E-state index < -0.39 is 0 Å². The van der Waals surface area contributed by atoms with Gasteiger partial charge in [0, 0.05) is 24.0 Å². The predicted molar refractivity (Wildman–Crippen MR) is 61.1 cm³/mol. The molecular weight excluding hydrogens is 263 g/mol. The molecule has 0 amide bonds. The number of hydrogen-bond donors (Lipinski definition) is 1. The van der Waals surface area contributed by atoms with Crippen LogP contribution in [-0.4, -0.2) is 6.54 Å². The molecule has 74 valence electrons. The molecule has 0 aliphatic rings. The number of nitrogens with one attached hydrogen (secondary N) is 1. The summed E-state index contributed by atoms with van der Waals surface area (Å²) in [5.74, 6) is 0. The van der Waals surface area contributed by atoms with Gasteiger partial charge in [0.25, 0.3) is 0 Å². The Kier molecular flexibility index (Phi) is 4.95. The van der Waals surface area contributed by atoms with E-state index in [9.17, 15) is 0 Å². The lowest BCUT2D eigenvalue weighted by Gasteiger charge is -2.03. The lowest BCUT2D eigenvalue weighted by atomic mass is 10.2. The van der Waals surface area contributed by atoms with E-state index in [1.807, 2.05) is 18.2 Å². The third-order valence-electron chi connectivity index (χ3n) is 1.73. The van der Waals surface area contributed by atoms with Gasteiger partial charge in [-0.2, -0.15) is 5.26 Å². The van der Waals surface area contributed by atoms with Crippen molar-refractivity contribution in [2.24, 2.45) is 0 Å². The van der Waals surface area contributed by atoms with Crippen LogP contribution in [0.4, 0.5) is 0 Å². The zero-order valence-corrected chi connectivity index (χ0v) is 9.90. The Hall–Kier alpha value is -0.560. The summed E-state index contributed by atoms with van der Waals surface area (Å²) < 4.78 is 0.902. The van der Waals surface area contributed by atoms with Gasteiger partial charge in [0.1, 0.15) is 0 Å². The first-order valence-electron chi connectivity index (χ1n) is 4.25. The van der Waals surface area contributed by atoms with E-state index in [1.165, 1.54) is 0 Å². The fraction of sp³-hybridized carbons (Fsp3) is 0.300. The molecule has 0 aromatic heterocycles. The van der Waals surface area contributed by atoms with Crippen LogP contribution in [0.2, 0.25) is 5.02 Å². The normalized spacial score (nSPS) is 9.79. The summed E-state index contributed by atoms with van der Waals surface area (Å²) in [7, 11) is 0. The van der Waals surface area contributed by atoms with Crippen molar-refractivity contribution in [3.63, 3.8) is 0 Å². The summed E-state index contributed by atoms with van der Waals surface area (Å²) in [5, 5.41) is 12.2. The Morgan fingerprint density at radius 3 is 2.93 bits per heavy atom. The first-order valence-corrected chi connectivity index (χ1v) is 5.42. The van der Waals surface area contributed by atoms with Crippen molar-refractivity contribution in [2.45, 2.75) is 13.0 Å². The predicted octanol–water partition coefficient (Wildman–Crippen LogP) is 3.11. The van der Waals surface area contributed by atoms with Gasteiger partial charge in [-0.1, -0.05) is 17.7 Å². The van der Waals surface area contributed by atoms with Crippen LogP contribution < -0.4 is 5.32 Å². The highest BCUT2D eigenvalue weighted by Crippen LogP contribution is 2.22. The minimum absolute atomic E-state index is 0.536. The average Bonchev–Trinajstić information content (AvgIpc) is 2.18. The van der Waals surface area contributed by atoms with Crippen molar-refractivity contribution in [1.29, 1.82) is 5.26 Å². The van der Waals surface area contributed by atoms with Crippen molar-refractivity contribution in [1.82, 2.24) is 5.32 Å². The molecule has 1 aromatic carbocycles. The summed E-state index contributed by atoms with van der Waals surface area (Å²) in [6.07, 6.45) is 0.536. The third-order valence-corrected chi connectivity index (χ3v) is 2.94. The second kappa shape index (κ2) is 6.02. The van der Waals surface area contributed by atoms with E-state index in [-0.39, 0.29) is 0 Å². The molecule has 4 heteroatoms. The first-order chi connectivity index (χ1) is 6.74. The number of hydrogen-bond acceptors (Lipinski definition) is 2. The molecule has 0 saturated carbocycles. The summed E-state index contributed by atoms with van der Waals surface area (Å²) in [4.78, 5) is 0. The molecule has 0 bridgehead atoms. The molecule has 0 unspecified atom stereocenters. The average molecular weight is 274 g/mol. The van der Waals surface area contributed by atoms with Crippen LogP contribution in [0, 0.1) is 11.3 Å². The van der Waals surface area contributed by atoms with Crippen LogP contribution in [-0.2, 0) is 6.54 Å². The molecule has 1 rings (SSSR count). The van der Waals surface area contributed by atoms with E-state index in [1.54, 1.807) is 0 Å². The summed E-state index contributed by atoms with van der Waals surface area (Å²) in [6, 6.07) is 7.87. The summed E-state index contributed by atoms with van der Waals surface area (Å²) in [6.45, 7) is 1.48. The van der Waals surface area contributed by atoms with E-state index in [2.05, 4.69) is 27.3 Å². The van der Waals surface area contributed by atoms with E-state index >= 15 is 0 Å². The molecular formula is C10H10BrClN2. The first kappa shape index (κ1) is 11.5. The van der Waals surface area contributed by atoms with Crippen molar-refractivity contribution in [3.8, 4) is 6.07 Å². The molecule has 0 heterocycles. The van der Waals surface area contributed by atoms with Crippen molar-refractivity contribution in [3.05, 3.63) is 33.3 Å². The Morgan fingerprint density at radius 2 is 2.29 bits per heavy atom. The highest BCUT2D eigenvalue weighted by atomic mass is 79.9. The van der Waals surface area contributed by atoms with Crippen LogP contribution in [0.15, 0.2) is 22.7 Å². The van der Waals surface area contributed by atoms with E-state index in [0.29, 0.717) is 11.4 Å². The summed E-state index contributed by atoms with van der Waals surface area (Å²) in [5.41, 5.74) is 1.15. The molecule has 0 saturated heterocycles. The van der Waals surface area contributed by atoms with Gasteiger partial charge in [-0.05, 0) is 33.6 Å². The zero-order chi connectivity index (χ0) is 10.4. The lowest BCUT2D eigenvalue weighted by molar-refractivity contribution is 0.699. The van der Waals surface area contributed by atoms with Gasteiger partial charge in [-0.3, -0.25) is 0 Å². The largest absolute Gasteiger partial charge is 0.312 e. The lowest BCUT2D eigenvalue weighted by Crippen LogP contribution is -2.13. The highest BCUT2D eigenvalue weighted by molar-refractivity contribution is 9.10. The summed E-state index contributed by atoms with van der Waals surface area (Å²) >= 11 is 9.21. The molecule has 2 nitrogen and oxygen atoms in total. The maximum atomic E-state index is 8.33. The Bertz CT molecular complexity index is 346. The number of halogens is 2. The van der Waals surface area contributed by atoms with E-state index in [0.717, 1.165) is 23.1 Å². The minimum Gasteiger partial charge on any atom is -0.312 e. The third kappa shape index (κ3) is 3.67. The van der Waals surface area contributed by atoms with Crippen molar-refractivity contribution in [2.75, 3.05) is 6.54 Å². The zero-order valence-electron chi connectivity index (χ0n) is 7.56. The smallest absolute Gasteiger partial charge is 0.0635 e. The molecule has 0 radical (unpaired) electrons. The molecule has 1 aromatic rings. The van der Waals surface area contributed by atoms with Crippen molar-refractivity contribution >= 4 is 27.5 Å². The van der Waals surface area contributed by atoms with Crippen LogP contribution in [0.5, 0.6) is 0 Å². The van der Waals surface area contributed by atoms with Crippen LogP contribution in [0.25, 0.3) is 0 Å². The molecule has 1 N–H and O–H groups in total. The number of nitriles is 1. The maximum Gasteiger partial charge on any atom is 0.0635 e. The number of benzene rings is 1. The highest BCUT2D eigenvalue weighted by Gasteiger charge is 1.98. The Morgan fingerprint density at radius 1 is 1.50 bits per heavy atom. The molecule has 0 fully saturated rings. The Labute approximate surface area is 97.0 Å². The molecule has 0 aliphatic carbocycles. The topological polar surface area (TPSA) is 35.8 Å². The standard InChI is InChI=1S/C10H10BrClN2/c11-9-6-8(2-3-10(9)12)7-14-5-1-4-13/h2-3,6,14H,1,5,7H2. The second-order valence-corrected chi connectivity index (χ2v) is 4.09. The molecule has 0 atom stereocenters. The maximum absolute atomic E-state index is 8.33. The van der Waals surface area contributed by atoms with Gasteiger partial charge in [0.15, 0.2) is 0 Å². The Balaban J connectivity index is 2.44. The van der Waals surface area contributed by atoms with Crippen molar-refractivity contribution < 1.29 is 0 Å². The minimum atomic E-state index is 0.536. The van der Waals surface area contributed by atoms with Crippen LogP contribution >= 0.6 is 27.5 Å². The number of rotatable bonds is 4. The van der Waals surface area contributed by atoms with Gasteiger partial charge < -0.3 is 5.32 Å². The van der Waals surface area contributed by atoms with Gasteiger partial charge in [0.05, 0.1) is 11.1 Å². The quantitative estimate of drug-likeness (QED) is 0.856. The van der Waals surface area contributed by atoms with Crippen LogP contribution in [0.3, 0.4) is 0 Å². The molecule has 14 heavy (non-hydrogen) atoms. The fourth-order valence-corrected chi connectivity index (χ4v) is 1.57. The van der Waals surface area contributed by atoms with Crippen LogP contribution in [0.1, 0.15) is 12.0 Å². The SMILES string of the molecule is N#CCCNCc1ccc(Cl)c(Br)c1. The van der Waals surface area contributed by atoms with Gasteiger partial charge >= 0.3 is 0 Å². The monoisotopic (exact) mass is 272 g/mol. The van der Waals surface area contributed by atoms with E-state index in [4.69, 9.17) is 16.9 Å².